The van der Waals surface area contributed by atoms with Crippen LogP contribution in [0.4, 0.5) is 10.3 Å². The molecule has 1 aromatic carbocycles. The highest BCUT2D eigenvalue weighted by Gasteiger charge is 2.21. The van der Waals surface area contributed by atoms with E-state index in [2.05, 4.69) is 14.9 Å². The van der Waals surface area contributed by atoms with Gasteiger partial charge in [0.2, 0.25) is 5.95 Å². The maximum absolute atomic E-state index is 13.3. The molecule has 2 heterocycles. The molecule has 0 spiro atoms. The molecule has 1 aliphatic heterocycles. The van der Waals surface area contributed by atoms with E-state index < -0.39 is 0 Å². The van der Waals surface area contributed by atoms with Crippen molar-refractivity contribution in [2.75, 3.05) is 18.0 Å². The van der Waals surface area contributed by atoms with Crippen LogP contribution in [0.25, 0.3) is 0 Å². The Labute approximate surface area is 131 Å². The Morgan fingerprint density at radius 1 is 1.09 bits per heavy atom. The molecule has 0 saturated carbocycles. The van der Waals surface area contributed by atoms with Crippen LogP contribution in [0.1, 0.15) is 29.8 Å². The molecule has 1 aromatic heterocycles. The molecule has 0 bridgehead atoms. The summed E-state index contributed by atoms with van der Waals surface area (Å²) in [5.74, 6) is 1.32. The summed E-state index contributed by atoms with van der Waals surface area (Å²) >= 11 is 0. The van der Waals surface area contributed by atoms with E-state index in [-0.39, 0.29) is 5.82 Å². The molecular weight excluding hydrogens is 277 g/mol. The van der Waals surface area contributed by atoms with Gasteiger partial charge in [0.15, 0.2) is 0 Å². The summed E-state index contributed by atoms with van der Waals surface area (Å²) < 4.78 is 13.3. The first-order chi connectivity index (χ1) is 10.6. The molecule has 3 rings (SSSR count). The van der Waals surface area contributed by atoms with Gasteiger partial charge in [-0.15, -0.1) is 0 Å². The lowest BCUT2D eigenvalue weighted by Crippen LogP contribution is -2.35. The Kier molecular flexibility index (Phi) is 4.36. The number of piperidine rings is 1. The van der Waals surface area contributed by atoms with Crippen LogP contribution in [-0.2, 0) is 6.42 Å². The standard InChI is InChI=1S/C18H22FN3/c1-13-10-14(2)21-18(20-13)22-8-6-15(7-9-22)11-16-4-3-5-17(19)12-16/h3-5,10,12,15H,6-9,11H2,1-2H3. The molecule has 1 saturated heterocycles. The smallest absolute Gasteiger partial charge is 0.225 e. The number of aryl methyl sites for hydroxylation is 2. The van der Waals surface area contributed by atoms with Crippen molar-refractivity contribution >= 4 is 5.95 Å². The zero-order valence-electron chi connectivity index (χ0n) is 13.2. The quantitative estimate of drug-likeness (QED) is 0.865. The van der Waals surface area contributed by atoms with E-state index in [1.165, 1.54) is 6.07 Å². The zero-order valence-corrected chi connectivity index (χ0v) is 13.2. The molecule has 4 heteroatoms. The Hall–Kier alpha value is -1.97. The van der Waals surface area contributed by atoms with Gasteiger partial charge >= 0.3 is 0 Å². The monoisotopic (exact) mass is 299 g/mol. The average molecular weight is 299 g/mol. The summed E-state index contributed by atoms with van der Waals surface area (Å²) in [6.07, 6.45) is 3.17. The topological polar surface area (TPSA) is 29.0 Å². The lowest BCUT2D eigenvalue weighted by molar-refractivity contribution is 0.400. The first-order valence-electron chi connectivity index (χ1n) is 7.92. The first kappa shape index (κ1) is 14.9. The number of rotatable bonds is 3. The summed E-state index contributed by atoms with van der Waals surface area (Å²) in [7, 11) is 0. The van der Waals surface area contributed by atoms with Crippen molar-refractivity contribution in [3.05, 3.63) is 53.1 Å². The van der Waals surface area contributed by atoms with E-state index in [1.54, 1.807) is 12.1 Å². The van der Waals surface area contributed by atoms with Crippen molar-refractivity contribution in [1.29, 1.82) is 0 Å². The first-order valence-corrected chi connectivity index (χ1v) is 7.92. The van der Waals surface area contributed by atoms with Gasteiger partial charge in [0.05, 0.1) is 0 Å². The molecule has 0 radical (unpaired) electrons. The van der Waals surface area contributed by atoms with Gasteiger partial charge in [-0.3, -0.25) is 0 Å². The summed E-state index contributed by atoms with van der Waals surface area (Å²) in [6, 6.07) is 8.97. The molecule has 0 atom stereocenters. The fraction of sp³-hybridized carbons (Fsp3) is 0.444. The Balaban J connectivity index is 1.60. The number of hydrogen-bond donors (Lipinski definition) is 0. The van der Waals surface area contributed by atoms with Gasteiger partial charge in [0.1, 0.15) is 5.82 Å². The Morgan fingerprint density at radius 3 is 2.41 bits per heavy atom. The summed E-state index contributed by atoms with van der Waals surface area (Å²) in [6.45, 7) is 5.97. The molecule has 1 aliphatic rings. The van der Waals surface area contributed by atoms with Gasteiger partial charge in [-0.2, -0.15) is 0 Å². The molecule has 1 fully saturated rings. The number of hydrogen-bond acceptors (Lipinski definition) is 3. The second kappa shape index (κ2) is 6.42. The SMILES string of the molecule is Cc1cc(C)nc(N2CCC(Cc3cccc(F)c3)CC2)n1. The van der Waals surface area contributed by atoms with Crippen molar-refractivity contribution in [3.63, 3.8) is 0 Å². The average Bonchev–Trinajstić information content (AvgIpc) is 2.47. The van der Waals surface area contributed by atoms with Crippen LogP contribution < -0.4 is 4.90 Å². The second-order valence-electron chi connectivity index (χ2n) is 6.22. The fourth-order valence-electron chi connectivity index (χ4n) is 3.18. The third-order valence-electron chi connectivity index (χ3n) is 4.28. The minimum absolute atomic E-state index is 0.140. The van der Waals surface area contributed by atoms with Crippen molar-refractivity contribution in [1.82, 2.24) is 9.97 Å². The second-order valence-corrected chi connectivity index (χ2v) is 6.22. The Bertz CT molecular complexity index is 628. The highest BCUT2D eigenvalue weighted by molar-refractivity contribution is 5.32. The highest BCUT2D eigenvalue weighted by Crippen LogP contribution is 2.24. The minimum atomic E-state index is -0.140. The molecule has 22 heavy (non-hydrogen) atoms. The van der Waals surface area contributed by atoms with Crippen molar-refractivity contribution in [3.8, 4) is 0 Å². The zero-order chi connectivity index (χ0) is 15.5. The number of anilines is 1. The van der Waals surface area contributed by atoms with Crippen LogP contribution in [0.3, 0.4) is 0 Å². The van der Waals surface area contributed by atoms with Gasteiger partial charge in [-0.1, -0.05) is 12.1 Å². The number of benzene rings is 1. The van der Waals surface area contributed by atoms with E-state index >= 15 is 0 Å². The van der Waals surface area contributed by atoms with Crippen LogP contribution in [0.15, 0.2) is 30.3 Å². The third-order valence-corrected chi connectivity index (χ3v) is 4.28. The highest BCUT2D eigenvalue weighted by atomic mass is 19.1. The number of halogens is 1. The number of aromatic nitrogens is 2. The lowest BCUT2D eigenvalue weighted by atomic mass is 9.90. The van der Waals surface area contributed by atoms with E-state index in [1.807, 2.05) is 26.0 Å². The summed E-state index contributed by atoms with van der Waals surface area (Å²) in [4.78, 5) is 11.4. The van der Waals surface area contributed by atoms with Crippen LogP contribution >= 0.6 is 0 Å². The van der Waals surface area contributed by atoms with Crippen LogP contribution in [0, 0.1) is 25.6 Å². The molecule has 2 aromatic rings. The third kappa shape index (κ3) is 3.62. The molecule has 0 N–H and O–H groups in total. The predicted molar refractivity (Wildman–Crippen MR) is 86.5 cm³/mol. The van der Waals surface area contributed by atoms with E-state index in [0.717, 1.165) is 55.3 Å². The fourth-order valence-corrected chi connectivity index (χ4v) is 3.18. The minimum Gasteiger partial charge on any atom is -0.341 e. The molecule has 0 unspecified atom stereocenters. The van der Waals surface area contributed by atoms with Crippen LogP contribution in [0.2, 0.25) is 0 Å². The van der Waals surface area contributed by atoms with Crippen LogP contribution in [-0.4, -0.2) is 23.1 Å². The van der Waals surface area contributed by atoms with Gasteiger partial charge in [0, 0.05) is 24.5 Å². The molecular formula is C18H22FN3. The van der Waals surface area contributed by atoms with Crippen molar-refractivity contribution in [2.24, 2.45) is 5.92 Å². The van der Waals surface area contributed by atoms with Gasteiger partial charge in [0.25, 0.3) is 0 Å². The van der Waals surface area contributed by atoms with Gasteiger partial charge < -0.3 is 4.90 Å². The van der Waals surface area contributed by atoms with Crippen molar-refractivity contribution in [2.45, 2.75) is 33.1 Å². The van der Waals surface area contributed by atoms with E-state index in [0.29, 0.717) is 5.92 Å². The largest absolute Gasteiger partial charge is 0.341 e. The predicted octanol–water partition coefficient (Wildman–Crippen LogP) is 3.69. The van der Waals surface area contributed by atoms with Crippen molar-refractivity contribution < 1.29 is 4.39 Å². The number of nitrogens with zero attached hydrogens (tertiary/aromatic N) is 3. The van der Waals surface area contributed by atoms with Crippen LogP contribution in [0.5, 0.6) is 0 Å². The van der Waals surface area contributed by atoms with E-state index in [4.69, 9.17) is 0 Å². The molecule has 0 aliphatic carbocycles. The maximum atomic E-state index is 13.3. The Morgan fingerprint density at radius 2 is 1.77 bits per heavy atom. The maximum Gasteiger partial charge on any atom is 0.225 e. The summed E-state index contributed by atoms with van der Waals surface area (Å²) in [5, 5.41) is 0. The normalized spacial score (nSPS) is 16.0. The molecule has 116 valence electrons. The van der Waals surface area contributed by atoms with Gasteiger partial charge in [-0.05, 0) is 62.8 Å². The summed E-state index contributed by atoms with van der Waals surface area (Å²) in [5.41, 5.74) is 3.13. The lowest BCUT2D eigenvalue weighted by Gasteiger charge is -2.32. The molecule has 3 nitrogen and oxygen atoms in total. The van der Waals surface area contributed by atoms with Gasteiger partial charge in [-0.25, -0.2) is 14.4 Å². The molecule has 0 amide bonds. The van der Waals surface area contributed by atoms with E-state index in [9.17, 15) is 4.39 Å².